The van der Waals surface area contributed by atoms with Crippen molar-refractivity contribution < 1.29 is 14.6 Å². The van der Waals surface area contributed by atoms with Gasteiger partial charge in [-0.2, -0.15) is 0 Å². The lowest BCUT2D eigenvalue weighted by atomic mass is 9.77. The third kappa shape index (κ3) is 3.19. The van der Waals surface area contributed by atoms with Crippen molar-refractivity contribution in [2.45, 2.75) is 45.1 Å². The molecule has 1 rings (SSSR count). The molecule has 0 amide bonds. The Morgan fingerprint density at radius 2 is 2.06 bits per heavy atom. The molecule has 0 saturated carbocycles. The lowest BCUT2D eigenvalue weighted by Crippen LogP contribution is -2.50. The predicted molar refractivity (Wildman–Crippen MR) is 62.1 cm³/mol. The van der Waals surface area contributed by atoms with Gasteiger partial charge in [0.2, 0.25) is 0 Å². The first-order valence-electron chi connectivity index (χ1n) is 6.23. The summed E-state index contributed by atoms with van der Waals surface area (Å²) in [6.07, 6.45) is 2.86. The van der Waals surface area contributed by atoms with E-state index in [1.54, 1.807) is 6.92 Å². The number of ether oxygens (including phenoxy) is 1. The van der Waals surface area contributed by atoms with E-state index in [0.717, 1.165) is 19.5 Å². The summed E-state index contributed by atoms with van der Waals surface area (Å²) in [6.45, 7) is 5.75. The number of esters is 1. The zero-order valence-corrected chi connectivity index (χ0v) is 10.3. The number of nitrogens with one attached hydrogen (secondary N) is 1. The molecule has 1 saturated heterocycles. The van der Waals surface area contributed by atoms with Gasteiger partial charge in [-0.15, -0.1) is 0 Å². The largest absolute Gasteiger partial charge is 0.466 e. The monoisotopic (exact) mass is 229 g/mol. The summed E-state index contributed by atoms with van der Waals surface area (Å²) in [6, 6.07) is 0. The number of hydrogen-bond donors (Lipinski definition) is 2. The number of piperidine rings is 1. The van der Waals surface area contributed by atoms with Crippen molar-refractivity contribution in [3.05, 3.63) is 0 Å². The van der Waals surface area contributed by atoms with Crippen molar-refractivity contribution in [1.29, 1.82) is 0 Å². The van der Waals surface area contributed by atoms with Crippen LogP contribution in [-0.4, -0.2) is 36.4 Å². The fourth-order valence-electron chi connectivity index (χ4n) is 2.35. The molecule has 1 aliphatic heterocycles. The Bertz CT molecular complexity index is 224. The van der Waals surface area contributed by atoms with Gasteiger partial charge < -0.3 is 15.2 Å². The molecule has 4 heteroatoms. The molecule has 1 atom stereocenters. The van der Waals surface area contributed by atoms with E-state index < -0.39 is 5.60 Å². The number of rotatable bonds is 5. The Kier molecular flexibility index (Phi) is 5.22. The molecule has 94 valence electrons. The average molecular weight is 229 g/mol. The second-order valence-electron chi connectivity index (χ2n) is 4.45. The van der Waals surface area contributed by atoms with E-state index in [4.69, 9.17) is 4.74 Å². The molecule has 4 nitrogen and oxygen atoms in total. The molecule has 2 N–H and O–H groups in total. The normalized spacial score (nSPS) is 21.4. The number of carbonyl (C=O) groups excluding carboxylic acids is 1. The standard InChI is InChI=1S/C12H23NO3/c1-3-5-10(11(14)16-4-2)12(15)6-8-13-9-7-12/h10,13,15H,3-9H2,1-2H3. The Morgan fingerprint density at radius 1 is 1.44 bits per heavy atom. The van der Waals surface area contributed by atoms with Gasteiger partial charge in [-0.1, -0.05) is 13.3 Å². The van der Waals surface area contributed by atoms with Crippen LogP contribution >= 0.6 is 0 Å². The second-order valence-corrected chi connectivity index (χ2v) is 4.45. The fraction of sp³-hybridized carbons (Fsp3) is 0.917. The van der Waals surface area contributed by atoms with E-state index in [1.165, 1.54) is 0 Å². The lowest BCUT2D eigenvalue weighted by Gasteiger charge is -2.38. The summed E-state index contributed by atoms with van der Waals surface area (Å²) < 4.78 is 5.06. The van der Waals surface area contributed by atoms with Gasteiger partial charge in [0.25, 0.3) is 0 Å². The first-order chi connectivity index (χ1) is 7.64. The smallest absolute Gasteiger partial charge is 0.311 e. The zero-order valence-electron chi connectivity index (χ0n) is 10.3. The van der Waals surface area contributed by atoms with Crippen LogP contribution in [0.4, 0.5) is 0 Å². The summed E-state index contributed by atoms with van der Waals surface area (Å²) >= 11 is 0. The first kappa shape index (κ1) is 13.5. The number of aliphatic hydroxyl groups is 1. The molecule has 0 aromatic carbocycles. The second kappa shape index (κ2) is 6.21. The van der Waals surface area contributed by atoms with E-state index in [-0.39, 0.29) is 11.9 Å². The van der Waals surface area contributed by atoms with Crippen LogP contribution in [0.15, 0.2) is 0 Å². The maximum absolute atomic E-state index is 11.8. The summed E-state index contributed by atoms with van der Waals surface area (Å²) in [5.41, 5.74) is -0.868. The van der Waals surface area contributed by atoms with Gasteiger partial charge in [-0.3, -0.25) is 4.79 Å². The Balaban J connectivity index is 2.70. The van der Waals surface area contributed by atoms with E-state index in [0.29, 0.717) is 25.9 Å². The van der Waals surface area contributed by atoms with E-state index in [2.05, 4.69) is 5.32 Å². The maximum atomic E-state index is 11.8. The van der Waals surface area contributed by atoms with Crippen LogP contribution in [0.25, 0.3) is 0 Å². The molecule has 1 unspecified atom stereocenters. The van der Waals surface area contributed by atoms with Crippen LogP contribution < -0.4 is 5.32 Å². The van der Waals surface area contributed by atoms with Gasteiger partial charge in [0.05, 0.1) is 18.1 Å². The van der Waals surface area contributed by atoms with Crippen molar-refractivity contribution in [1.82, 2.24) is 5.32 Å². The molecule has 1 fully saturated rings. The third-order valence-corrected chi connectivity index (χ3v) is 3.27. The highest BCUT2D eigenvalue weighted by Crippen LogP contribution is 2.31. The number of carbonyl (C=O) groups is 1. The molecule has 0 aromatic rings. The van der Waals surface area contributed by atoms with Crippen LogP contribution in [0, 0.1) is 5.92 Å². The SMILES string of the molecule is CCCC(C(=O)OCC)C1(O)CCNCC1. The fourth-order valence-corrected chi connectivity index (χ4v) is 2.35. The minimum atomic E-state index is -0.868. The van der Waals surface area contributed by atoms with Crippen molar-refractivity contribution >= 4 is 5.97 Å². The van der Waals surface area contributed by atoms with Gasteiger partial charge in [-0.05, 0) is 39.3 Å². The van der Waals surface area contributed by atoms with Crippen LogP contribution in [0.5, 0.6) is 0 Å². The predicted octanol–water partition coefficient (Wildman–Crippen LogP) is 1.08. The van der Waals surface area contributed by atoms with Crippen molar-refractivity contribution in [3.63, 3.8) is 0 Å². The molecule has 1 heterocycles. The first-order valence-corrected chi connectivity index (χ1v) is 6.23. The molecular weight excluding hydrogens is 206 g/mol. The van der Waals surface area contributed by atoms with Crippen molar-refractivity contribution in [2.75, 3.05) is 19.7 Å². The van der Waals surface area contributed by atoms with Gasteiger partial charge >= 0.3 is 5.97 Å². The summed E-state index contributed by atoms with van der Waals surface area (Å²) in [7, 11) is 0. The topological polar surface area (TPSA) is 58.6 Å². The van der Waals surface area contributed by atoms with E-state index in [1.807, 2.05) is 6.92 Å². The molecule has 1 aliphatic rings. The molecular formula is C12H23NO3. The molecule has 0 aliphatic carbocycles. The Hall–Kier alpha value is -0.610. The summed E-state index contributed by atoms with van der Waals surface area (Å²) in [5.74, 6) is -0.603. The minimum Gasteiger partial charge on any atom is -0.466 e. The highest BCUT2D eigenvalue weighted by Gasteiger charge is 2.42. The quantitative estimate of drug-likeness (QED) is 0.693. The lowest BCUT2D eigenvalue weighted by molar-refractivity contribution is -0.161. The third-order valence-electron chi connectivity index (χ3n) is 3.27. The molecule has 0 radical (unpaired) electrons. The average Bonchev–Trinajstić information content (AvgIpc) is 2.27. The Labute approximate surface area is 97.4 Å². The molecule has 0 bridgehead atoms. The van der Waals surface area contributed by atoms with Crippen molar-refractivity contribution in [2.24, 2.45) is 5.92 Å². The van der Waals surface area contributed by atoms with Gasteiger partial charge in [0, 0.05) is 0 Å². The Morgan fingerprint density at radius 3 is 2.56 bits per heavy atom. The maximum Gasteiger partial charge on any atom is 0.311 e. The van der Waals surface area contributed by atoms with Crippen molar-refractivity contribution in [3.8, 4) is 0 Å². The van der Waals surface area contributed by atoms with Gasteiger partial charge in [0.15, 0.2) is 0 Å². The molecule has 16 heavy (non-hydrogen) atoms. The van der Waals surface area contributed by atoms with Crippen LogP contribution in [0.2, 0.25) is 0 Å². The summed E-state index contributed by atoms with van der Waals surface area (Å²) in [4.78, 5) is 11.8. The van der Waals surface area contributed by atoms with E-state index >= 15 is 0 Å². The minimum absolute atomic E-state index is 0.242. The van der Waals surface area contributed by atoms with Gasteiger partial charge in [0.1, 0.15) is 0 Å². The highest BCUT2D eigenvalue weighted by molar-refractivity contribution is 5.73. The molecule has 0 spiro atoms. The van der Waals surface area contributed by atoms with Gasteiger partial charge in [-0.25, -0.2) is 0 Å². The van der Waals surface area contributed by atoms with Crippen LogP contribution in [-0.2, 0) is 9.53 Å². The van der Waals surface area contributed by atoms with E-state index in [9.17, 15) is 9.90 Å². The number of hydrogen-bond acceptors (Lipinski definition) is 4. The molecule has 0 aromatic heterocycles. The van der Waals surface area contributed by atoms with Crippen LogP contribution in [0.3, 0.4) is 0 Å². The zero-order chi connectivity index (χ0) is 12.0. The highest BCUT2D eigenvalue weighted by atomic mass is 16.5. The summed E-state index contributed by atoms with van der Waals surface area (Å²) in [5, 5.41) is 13.7. The van der Waals surface area contributed by atoms with Crippen LogP contribution in [0.1, 0.15) is 39.5 Å².